The van der Waals surface area contributed by atoms with E-state index < -0.39 is 0 Å². The molecule has 0 atom stereocenters. The zero-order valence-electron chi connectivity index (χ0n) is 11.9. The molecule has 23 heavy (non-hydrogen) atoms. The Morgan fingerprint density at radius 2 is 1.96 bits per heavy atom. The number of benzene rings is 1. The highest BCUT2D eigenvalue weighted by Gasteiger charge is 2.07. The van der Waals surface area contributed by atoms with Crippen LogP contribution in [0.1, 0.15) is 5.69 Å². The van der Waals surface area contributed by atoms with Crippen molar-refractivity contribution >= 4 is 49.6 Å². The van der Waals surface area contributed by atoms with E-state index in [9.17, 15) is 0 Å². The molecule has 7 heteroatoms. The van der Waals surface area contributed by atoms with Crippen LogP contribution in [-0.2, 0) is 6.54 Å². The summed E-state index contributed by atoms with van der Waals surface area (Å²) in [7, 11) is 0. The summed E-state index contributed by atoms with van der Waals surface area (Å²) in [6.07, 6.45) is 3.56. The Bertz CT molecular complexity index is 949. The fraction of sp³-hybridized carbons (Fsp3) is 0.0625. The van der Waals surface area contributed by atoms with Crippen LogP contribution < -0.4 is 5.32 Å². The molecule has 4 nitrogen and oxygen atoms in total. The lowest BCUT2D eigenvalue weighted by Crippen LogP contribution is -1.98. The lowest BCUT2D eigenvalue weighted by molar-refractivity contribution is 1.07. The van der Waals surface area contributed by atoms with Crippen LogP contribution >= 0.6 is 34.3 Å². The van der Waals surface area contributed by atoms with Gasteiger partial charge >= 0.3 is 0 Å². The molecular weight excluding hydrogens is 348 g/mol. The highest BCUT2D eigenvalue weighted by molar-refractivity contribution is 7.22. The van der Waals surface area contributed by atoms with Gasteiger partial charge in [-0.1, -0.05) is 22.9 Å². The molecule has 0 saturated heterocycles. The van der Waals surface area contributed by atoms with E-state index in [1.165, 1.54) is 0 Å². The molecule has 0 spiro atoms. The van der Waals surface area contributed by atoms with Gasteiger partial charge in [0.15, 0.2) is 5.13 Å². The first kappa shape index (κ1) is 14.6. The molecule has 0 aliphatic rings. The lowest BCUT2D eigenvalue weighted by atomic mass is 10.3. The molecule has 3 heterocycles. The van der Waals surface area contributed by atoms with Crippen molar-refractivity contribution in [1.82, 2.24) is 15.0 Å². The lowest BCUT2D eigenvalue weighted by Gasteiger charge is -1.98. The molecule has 0 amide bonds. The minimum atomic E-state index is 0.648. The Morgan fingerprint density at radius 1 is 1.09 bits per heavy atom. The normalized spacial score (nSPS) is 11.0. The Morgan fingerprint density at radius 3 is 2.83 bits per heavy atom. The van der Waals surface area contributed by atoms with Gasteiger partial charge in [-0.3, -0.25) is 4.98 Å². The number of fused-ring (bicyclic) bond motifs is 1. The second kappa shape index (κ2) is 6.23. The standard InChI is InChI=1S/C16H11ClN4S2/c17-11-1-2-13-14(7-11)23-16(21-13)19-8-12-9-22-15(20-12)10-3-5-18-6-4-10/h1-7,9H,8H2,(H,19,21). The molecular formula is C16H11ClN4S2. The van der Waals surface area contributed by atoms with Crippen LogP contribution in [0.15, 0.2) is 48.1 Å². The van der Waals surface area contributed by atoms with Gasteiger partial charge in [0.05, 0.1) is 22.5 Å². The molecule has 0 bridgehead atoms. The average Bonchev–Trinajstić information content (AvgIpc) is 3.20. The highest BCUT2D eigenvalue weighted by atomic mass is 35.5. The number of rotatable bonds is 4. The Hall–Kier alpha value is -2.02. The Balaban J connectivity index is 1.49. The molecule has 0 aliphatic heterocycles. The van der Waals surface area contributed by atoms with Crippen molar-refractivity contribution in [2.75, 3.05) is 5.32 Å². The first-order valence-electron chi connectivity index (χ1n) is 6.93. The fourth-order valence-electron chi connectivity index (χ4n) is 2.16. The van der Waals surface area contributed by atoms with Crippen LogP contribution in [0, 0.1) is 0 Å². The number of thiazole rings is 2. The number of aromatic nitrogens is 3. The molecule has 4 rings (SSSR count). The van der Waals surface area contributed by atoms with Gasteiger partial charge < -0.3 is 5.32 Å². The molecule has 1 aromatic carbocycles. The van der Waals surface area contributed by atoms with E-state index in [1.54, 1.807) is 35.1 Å². The Kier molecular flexibility index (Phi) is 3.95. The van der Waals surface area contributed by atoms with Crippen molar-refractivity contribution in [3.8, 4) is 10.6 Å². The number of pyridine rings is 1. The number of nitrogens with one attached hydrogen (secondary N) is 1. The summed E-state index contributed by atoms with van der Waals surface area (Å²) in [6.45, 7) is 0.648. The van der Waals surface area contributed by atoms with Gasteiger partial charge in [0, 0.05) is 28.4 Å². The van der Waals surface area contributed by atoms with E-state index in [2.05, 4.69) is 25.6 Å². The van der Waals surface area contributed by atoms with Gasteiger partial charge in [-0.05, 0) is 30.3 Å². The van der Waals surface area contributed by atoms with Gasteiger partial charge in [-0.15, -0.1) is 11.3 Å². The molecule has 114 valence electrons. The van der Waals surface area contributed by atoms with Crippen molar-refractivity contribution in [3.05, 3.63) is 58.8 Å². The van der Waals surface area contributed by atoms with Crippen LogP contribution in [0.4, 0.5) is 5.13 Å². The van der Waals surface area contributed by atoms with Crippen LogP contribution in [-0.4, -0.2) is 15.0 Å². The van der Waals surface area contributed by atoms with Crippen molar-refractivity contribution in [3.63, 3.8) is 0 Å². The number of halogens is 1. The van der Waals surface area contributed by atoms with Gasteiger partial charge in [-0.25, -0.2) is 9.97 Å². The van der Waals surface area contributed by atoms with Gasteiger partial charge in [-0.2, -0.15) is 0 Å². The number of hydrogen-bond donors (Lipinski definition) is 1. The van der Waals surface area contributed by atoms with Crippen LogP contribution in [0.5, 0.6) is 0 Å². The highest BCUT2D eigenvalue weighted by Crippen LogP contribution is 2.29. The summed E-state index contributed by atoms with van der Waals surface area (Å²) in [5.41, 5.74) is 3.04. The van der Waals surface area contributed by atoms with E-state index in [0.29, 0.717) is 6.54 Å². The van der Waals surface area contributed by atoms with Crippen LogP contribution in [0.25, 0.3) is 20.8 Å². The zero-order chi connectivity index (χ0) is 15.6. The number of nitrogens with zero attached hydrogens (tertiary/aromatic N) is 3. The molecule has 0 unspecified atom stereocenters. The summed E-state index contributed by atoms with van der Waals surface area (Å²) >= 11 is 9.23. The van der Waals surface area contributed by atoms with Gasteiger partial charge in [0.2, 0.25) is 0 Å². The van der Waals surface area contributed by atoms with Gasteiger partial charge in [0.1, 0.15) is 5.01 Å². The maximum atomic E-state index is 6.01. The smallest absolute Gasteiger partial charge is 0.184 e. The van der Waals surface area contributed by atoms with Gasteiger partial charge in [0.25, 0.3) is 0 Å². The third-order valence-corrected chi connectivity index (χ3v) is 5.40. The molecule has 0 aliphatic carbocycles. The summed E-state index contributed by atoms with van der Waals surface area (Å²) in [5, 5.41) is 8.00. The number of anilines is 1. The molecule has 0 saturated carbocycles. The van der Waals surface area contributed by atoms with Crippen molar-refractivity contribution < 1.29 is 0 Å². The first-order chi connectivity index (χ1) is 11.3. The minimum Gasteiger partial charge on any atom is -0.356 e. The van der Waals surface area contributed by atoms with E-state index in [1.807, 2.05) is 30.3 Å². The molecule has 0 fully saturated rings. The summed E-state index contributed by atoms with van der Waals surface area (Å²) in [6, 6.07) is 9.66. The average molecular weight is 359 g/mol. The predicted octanol–water partition coefficient (Wildman–Crippen LogP) is 5.08. The topological polar surface area (TPSA) is 50.7 Å². The van der Waals surface area contributed by atoms with E-state index in [0.717, 1.165) is 36.6 Å². The van der Waals surface area contributed by atoms with E-state index in [4.69, 9.17) is 11.6 Å². The zero-order valence-corrected chi connectivity index (χ0v) is 14.3. The van der Waals surface area contributed by atoms with E-state index >= 15 is 0 Å². The molecule has 3 aromatic heterocycles. The van der Waals surface area contributed by atoms with Crippen LogP contribution in [0.3, 0.4) is 0 Å². The largest absolute Gasteiger partial charge is 0.356 e. The van der Waals surface area contributed by atoms with E-state index in [-0.39, 0.29) is 0 Å². The van der Waals surface area contributed by atoms with Crippen molar-refractivity contribution in [2.24, 2.45) is 0 Å². The first-order valence-corrected chi connectivity index (χ1v) is 9.00. The second-order valence-corrected chi connectivity index (χ2v) is 7.19. The second-order valence-electron chi connectivity index (χ2n) is 4.86. The quantitative estimate of drug-likeness (QED) is 0.552. The monoisotopic (exact) mass is 358 g/mol. The van der Waals surface area contributed by atoms with Crippen molar-refractivity contribution in [2.45, 2.75) is 6.54 Å². The minimum absolute atomic E-state index is 0.648. The number of hydrogen-bond acceptors (Lipinski definition) is 6. The Labute approximate surface area is 145 Å². The molecule has 1 N–H and O–H groups in total. The SMILES string of the molecule is Clc1ccc2nc(NCc3csc(-c4ccncc4)n3)sc2c1. The third kappa shape index (κ3) is 3.19. The fourth-order valence-corrected chi connectivity index (χ4v) is 4.12. The third-order valence-electron chi connectivity index (χ3n) is 3.25. The van der Waals surface area contributed by atoms with Crippen molar-refractivity contribution in [1.29, 1.82) is 0 Å². The molecule has 0 radical (unpaired) electrons. The molecule has 4 aromatic rings. The predicted molar refractivity (Wildman–Crippen MR) is 97.3 cm³/mol. The maximum Gasteiger partial charge on any atom is 0.184 e. The maximum absolute atomic E-state index is 6.01. The summed E-state index contributed by atoms with van der Waals surface area (Å²) in [5.74, 6) is 0. The summed E-state index contributed by atoms with van der Waals surface area (Å²) in [4.78, 5) is 13.2. The summed E-state index contributed by atoms with van der Waals surface area (Å²) < 4.78 is 1.08. The van der Waals surface area contributed by atoms with Crippen LogP contribution in [0.2, 0.25) is 5.02 Å².